The smallest absolute Gasteiger partial charge is 0.192 e. The molecule has 0 spiro atoms. The van der Waals surface area contributed by atoms with Crippen LogP contribution in [0, 0.1) is 0 Å². The molecule has 0 amide bonds. The molecule has 0 aromatic heterocycles. The molecule has 2 heterocycles. The van der Waals surface area contributed by atoms with E-state index in [0.29, 0.717) is 5.84 Å². The fourth-order valence-corrected chi connectivity index (χ4v) is 0.779. The minimum Gasteiger partial charge on any atom is -0.483 e. The van der Waals surface area contributed by atoms with Crippen molar-refractivity contribution in [3.05, 3.63) is 12.5 Å². The third-order valence-electron chi connectivity index (χ3n) is 1.23. The van der Waals surface area contributed by atoms with Crippen LogP contribution in [0.25, 0.3) is 0 Å². The molecule has 10 heavy (non-hydrogen) atoms. The Bertz CT molecular complexity index is 252. The number of hydrogen-bond donors (Lipinski definition) is 0. The molecule has 0 aliphatic carbocycles. The summed E-state index contributed by atoms with van der Waals surface area (Å²) in [6.45, 7) is 0. The molecule has 0 fully saturated rings. The van der Waals surface area contributed by atoms with Crippen LogP contribution < -0.4 is 0 Å². The molecular formula is C6H5N3O. The molecule has 0 saturated heterocycles. The Morgan fingerprint density at radius 3 is 3.40 bits per heavy atom. The van der Waals surface area contributed by atoms with Crippen molar-refractivity contribution >= 4 is 18.4 Å². The van der Waals surface area contributed by atoms with Crippen molar-refractivity contribution in [2.45, 2.75) is 6.10 Å². The van der Waals surface area contributed by atoms with E-state index in [4.69, 9.17) is 4.74 Å². The summed E-state index contributed by atoms with van der Waals surface area (Å²) < 4.78 is 5.11. The second kappa shape index (κ2) is 2.06. The van der Waals surface area contributed by atoms with Gasteiger partial charge in [-0.05, 0) is 0 Å². The number of ether oxygens (including phenoxy) is 1. The fraction of sp³-hybridized carbons (Fsp3) is 0.167. The molecule has 2 aliphatic rings. The maximum absolute atomic E-state index is 5.11. The SMILES string of the molecule is C1=COC2C=NC=NC2=N1. The Morgan fingerprint density at radius 1 is 1.50 bits per heavy atom. The van der Waals surface area contributed by atoms with Crippen molar-refractivity contribution in [3.8, 4) is 0 Å². The highest BCUT2D eigenvalue weighted by atomic mass is 16.5. The maximum Gasteiger partial charge on any atom is 0.192 e. The molecule has 2 aliphatic heterocycles. The number of hydrogen-bond acceptors (Lipinski definition) is 4. The number of fused-ring (bicyclic) bond motifs is 1. The highest BCUT2D eigenvalue weighted by molar-refractivity contribution is 6.08. The van der Waals surface area contributed by atoms with Crippen LogP contribution in [0.15, 0.2) is 27.4 Å². The van der Waals surface area contributed by atoms with Gasteiger partial charge in [0.2, 0.25) is 0 Å². The van der Waals surface area contributed by atoms with Gasteiger partial charge in [-0.2, -0.15) is 0 Å². The molecule has 4 nitrogen and oxygen atoms in total. The number of rotatable bonds is 0. The Labute approximate surface area is 57.7 Å². The van der Waals surface area contributed by atoms with Crippen molar-refractivity contribution in [2.75, 3.05) is 0 Å². The first-order valence-corrected chi connectivity index (χ1v) is 2.91. The maximum atomic E-state index is 5.11. The van der Waals surface area contributed by atoms with Gasteiger partial charge in [0.1, 0.15) is 12.6 Å². The third-order valence-corrected chi connectivity index (χ3v) is 1.23. The summed E-state index contributed by atoms with van der Waals surface area (Å²) in [4.78, 5) is 11.7. The zero-order valence-electron chi connectivity index (χ0n) is 5.14. The van der Waals surface area contributed by atoms with Gasteiger partial charge in [0.05, 0.1) is 12.4 Å². The number of nitrogens with zero attached hydrogens (tertiary/aromatic N) is 3. The van der Waals surface area contributed by atoms with Crippen molar-refractivity contribution in [2.24, 2.45) is 15.0 Å². The van der Waals surface area contributed by atoms with Gasteiger partial charge < -0.3 is 4.74 Å². The second-order valence-electron chi connectivity index (χ2n) is 1.87. The molecule has 0 aromatic carbocycles. The summed E-state index contributed by atoms with van der Waals surface area (Å²) in [5.74, 6) is 0.664. The van der Waals surface area contributed by atoms with E-state index >= 15 is 0 Å². The van der Waals surface area contributed by atoms with Gasteiger partial charge in [-0.3, -0.25) is 0 Å². The third kappa shape index (κ3) is 0.737. The highest BCUT2D eigenvalue weighted by Gasteiger charge is 2.16. The van der Waals surface area contributed by atoms with Crippen LogP contribution in [-0.4, -0.2) is 24.5 Å². The van der Waals surface area contributed by atoms with E-state index in [-0.39, 0.29) is 6.10 Å². The lowest BCUT2D eigenvalue weighted by Gasteiger charge is -2.15. The predicted octanol–water partition coefficient (Wildman–Crippen LogP) is 0.368. The highest BCUT2D eigenvalue weighted by Crippen LogP contribution is 2.04. The van der Waals surface area contributed by atoms with E-state index < -0.39 is 0 Å². The van der Waals surface area contributed by atoms with E-state index in [2.05, 4.69) is 15.0 Å². The number of aliphatic imine (C=N–C) groups is 3. The standard InChI is InChI=1S/C6H5N3O/c1-2-10-5-3-7-4-9-6(5)8-1/h1-5H. The average Bonchev–Trinajstić information content (AvgIpc) is 2.05. The summed E-state index contributed by atoms with van der Waals surface area (Å²) in [7, 11) is 0. The lowest BCUT2D eigenvalue weighted by molar-refractivity contribution is 0.254. The van der Waals surface area contributed by atoms with Gasteiger partial charge in [-0.25, -0.2) is 15.0 Å². The second-order valence-corrected chi connectivity index (χ2v) is 1.87. The molecule has 0 N–H and O–H groups in total. The van der Waals surface area contributed by atoms with Crippen LogP contribution in [-0.2, 0) is 4.74 Å². The molecule has 4 heteroatoms. The monoisotopic (exact) mass is 135 g/mol. The van der Waals surface area contributed by atoms with Crippen molar-refractivity contribution in [3.63, 3.8) is 0 Å². The first-order valence-electron chi connectivity index (χ1n) is 2.91. The number of amidine groups is 1. The molecule has 0 saturated carbocycles. The van der Waals surface area contributed by atoms with Gasteiger partial charge >= 0.3 is 0 Å². The summed E-state index contributed by atoms with van der Waals surface area (Å²) in [5, 5.41) is 0. The molecule has 0 radical (unpaired) electrons. The van der Waals surface area contributed by atoms with Crippen molar-refractivity contribution < 1.29 is 4.74 Å². The minimum absolute atomic E-state index is 0.171. The Hall–Kier alpha value is -1.45. The topological polar surface area (TPSA) is 46.3 Å². The first-order chi connectivity index (χ1) is 4.97. The molecule has 0 aromatic rings. The zero-order chi connectivity index (χ0) is 6.81. The van der Waals surface area contributed by atoms with Crippen LogP contribution >= 0.6 is 0 Å². The largest absolute Gasteiger partial charge is 0.483 e. The zero-order valence-corrected chi connectivity index (χ0v) is 5.14. The Kier molecular flexibility index (Phi) is 1.10. The predicted molar refractivity (Wildman–Crippen MR) is 38.4 cm³/mol. The van der Waals surface area contributed by atoms with Gasteiger partial charge in [0.25, 0.3) is 0 Å². The Balaban J connectivity index is 2.34. The van der Waals surface area contributed by atoms with Gasteiger partial charge in [0, 0.05) is 0 Å². The molecular weight excluding hydrogens is 130 g/mol. The quantitative estimate of drug-likeness (QED) is 0.473. The summed E-state index contributed by atoms with van der Waals surface area (Å²) in [6, 6.07) is 0. The van der Waals surface area contributed by atoms with E-state index in [1.807, 2.05) is 0 Å². The van der Waals surface area contributed by atoms with E-state index in [0.717, 1.165) is 0 Å². The van der Waals surface area contributed by atoms with Gasteiger partial charge in [-0.1, -0.05) is 0 Å². The van der Waals surface area contributed by atoms with E-state index in [1.165, 1.54) is 12.6 Å². The van der Waals surface area contributed by atoms with Gasteiger partial charge in [-0.15, -0.1) is 0 Å². The molecule has 1 unspecified atom stereocenters. The summed E-state index contributed by atoms with van der Waals surface area (Å²) in [5.41, 5.74) is 0. The van der Waals surface area contributed by atoms with Crippen LogP contribution in [0.1, 0.15) is 0 Å². The minimum atomic E-state index is -0.171. The lowest BCUT2D eigenvalue weighted by atomic mass is 10.3. The van der Waals surface area contributed by atoms with Gasteiger partial charge in [0.15, 0.2) is 11.9 Å². The van der Waals surface area contributed by atoms with Crippen LogP contribution in [0.4, 0.5) is 0 Å². The summed E-state index contributed by atoms with van der Waals surface area (Å²) in [6.07, 6.45) is 6.05. The molecule has 50 valence electrons. The van der Waals surface area contributed by atoms with Crippen molar-refractivity contribution in [1.29, 1.82) is 0 Å². The Morgan fingerprint density at radius 2 is 2.50 bits per heavy atom. The fourth-order valence-electron chi connectivity index (χ4n) is 0.779. The summed E-state index contributed by atoms with van der Waals surface area (Å²) >= 11 is 0. The van der Waals surface area contributed by atoms with E-state index in [9.17, 15) is 0 Å². The van der Waals surface area contributed by atoms with Crippen molar-refractivity contribution in [1.82, 2.24) is 0 Å². The van der Waals surface area contributed by atoms with Crippen LogP contribution in [0.2, 0.25) is 0 Å². The average molecular weight is 135 g/mol. The normalized spacial score (nSPS) is 27.2. The first kappa shape index (κ1) is 5.34. The van der Waals surface area contributed by atoms with E-state index in [1.54, 1.807) is 12.4 Å². The van der Waals surface area contributed by atoms with Crippen LogP contribution in [0.5, 0.6) is 0 Å². The molecule has 0 bridgehead atoms. The van der Waals surface area contributed by atoms with Crippen LogP contribution in [0.3, 0.4) is 0 Å². The lowest BCUT2D eigenvalue weighted by Crippen LogP contribution is -2.26. The molecule has 2 rings (SSSR count). The molecule has 1 atom stereocenters.